The molecule has 0 saturated carbocycles. The summed E-state index contributed by atoms with van der Waals surface area (Å²) in [5.74, 6) is 2.22. The maximum atomic E-state index is 11.8. The van der Waals surface area contributed by atoms with Gasteiger partial charge in [0.1, 0.15) is 11.6 Å². The fourth-order valence-corrected chi connectivity index (χ4v) is 3.57. The summed E-state index contributed by atoms with van der Waals surface area (Å²) in [6, 6.07) is 13.8. The van der Waals surface area contributed by atoms with Crippen LogP contribution < -0.4 is 4.90 Å². The Bertz CT molecular complexity index is 979. The van der Waals surface area contributed by atoms with Crippen molar-refractivity contribution in [3.05, 3.63) is 60.0 Å². The molecule has 0 aliphatic carbocycles. The summed E-state index contributed by atoms with van der Waals surface area (Å²) >= 11 is 0. The van der Waals surface area contributed by atoms with Crippen molar-refractivity contribution in [1.29, 1.82) is 0 Å². The van der Waals surface area contributed by atoms with Gasteiger partial charge in [-0.15, -0.1) is 0 Å². The van der Waals surface area contributed by atoms with Gasteiger partial charge in [-0.05, 0) is 26.0 Å². The third-order valence-corrected chi connectivity index (χ3v) is 5.10. The molecule has 30 heavy (non-hydrogen) atoms. The largest absolute Gasteiger partial charge is 0.462 e. The molecule has 1 fully saturated rings. The minimum absolute atomic E-state index is 0.335. The molecule has 1 saturated heterocycles. The summed E-state index contributed by atoms with van der Waals surface area (Å²) in [4.78, 5) is 25.4. The van der Waals surface area contributed by atoms with Crippen LogP contribution in [0.3, 0.4) is 0 Å². The van der Waals surface area contributed by atoms with Crippen LogP contribution in [0.2, 0.25) is 0 Å². The molecule has 0 amide bonds. The number of pyridine rings is 1. The van der Waals surface area contributed by atoms with Crippen LogP contribution in [-0.2, 0) is 11.4 Å². The molecule has 0 N–H and O–H groups in total. The van der Waals surface area contributed by atoms with Crippen LogP contribution in [0.15, 0.2) is 48.7 Å². The molecular formula is C22H26N6O2. The van der Waals surface area contributed by atoms with E-state index < -0.39 is 0 Å². The number of hydrogen-bond acceptors (Lipinski definition) is 7. The molecule has 1 aromatic carbocycles. The normalized spacial score (nSPS) is 14.7. The van der Waals surface area contributed by atoms with E-state index in [2.05, 4.69) is 37.0 Å². The van der Waals surface area contributed by atoms with Crippen LogP contribution in [0.5, 0.6) is 0 Å². The number of anilines is 1. The number of piperazine rings is 1. The Kier molecular flexibility index (Phi) is 6.04. The zero-order valence-electron chi connectivity index (χ0n) is 17.4. The number of hydrogen-bond donors (Lipinski definition) is 0. The van der Waals surface area contributed by atoms with E-state index in [9.17, 15) is 4.79 Å². The van der Waals surface area contributed by atoms with Gasteiger partial charge in [0.05, 0.1) is 18.8 Å². The minimum Gasteiger partial charge on any atom is -0.462 e. The van der Waals surface area contributed by atoms with Crippen LogP contribution in [0, 0.1) is 6.92 Å². The van der Waals surface area contributed by atoms with Crippen LogP contribution in [-0.4, -0.2) is 63.4 Å². The fraction of sp³-hybridized carbons (Fsp3) is 0.364. The Hall–Kier alpha value is -3.26. The second-order valence-corrected chi connectivity index (χ2v) is 7.22. The Balaban J connectivity index is 1.37. The molecule has 3 heterocycles. The number of esters is 1. The maximum absolute atomic E-state index is 11.8. The monoisotopic (exact) mass is 406 g/mol. The van der Waals surface area contributed by atoms with Crippen LogP contribution in [0.25, 0.3) is 11.4 Å². The van der Waals surface area contributed by atoms with Crippen molar-refractivity contribution in [2.75, 3.05) is 37.7 Å². The van der Waals surface area contributed by atoms with Crippen molar-refractivity contribution >= 4 is 11.8 Å². The van der Waals surface area contributed by atoms with E-state index in [1.54, 1.807) is 19.2 Å². The molecule has 0 spiro atoms. The van der Waals surface area contributed by atoms with Gasteiger partial charge in [0, 0.05) is 37.9 Å². The summed E-state index contributed by atoms with van der Waals surface area (Å²) in [7, 11) is 0. The third-order valence-electron chi connectivity index (χ3n) is 5.10. The zero-order chi connectivity index (χ0) is 20.9. The zero-order valence-corrected chi connectivity index (χ0v) is 17.4. The Labute approximate surface area is 176 Å². The number of aromatic nitrogens is 4. The number of rotatable bonds is 6. The van der Waals surface area contributed by atoms with E-state index in [4.69, 9.17) is 4.74 Å². The van der Waals surface area contributed by atoms with E-state index in [0.29, 0.717) is 18.8 Å². The first kappa shape index (κ1) is 20.0. The van der Waals surface area contributed by atoms with Gasteiger partial charge in [0.25, 0.3) is 0 Å². The fourth-order valence-electron chi connectivity index (χ4n) is 3.57. The van der Waals surface area contributed by atoms with Gasteiger partial charge in [-0.2, -0.15) is 5.10 Å². The van der Waals surface area contributed by atoms with Crippen molar-refractivity contribution in [3.63, 3.8) is 0 Å². The molecule has 0 unspecified atom stereocenters. The molecule has 8 heteroatoms. The predicted molar refractivity (Wildman–Crippen MR) is 114 cm³/mol. The Morgan fingerprint density at radius 2 is 1.83 bits per heavy atom. The first-order valence-corrected chi connectivity index (χ1v) is 10.2. The minimum atomic E-state index is -0.335. The number of benzene rings is 1. The van der Waals surface area contributed by atoms with Gasteiger partial charge >= 0.3 is 5.97 Å². The average molecular weight is 406 g/mol. The Morgan fingerprint density at radius 1 is 1.07 bits per heavy atom. The first-order chi connectivity index (χ1) is 14.6. The van der Waals surface area contributed by atoms with Gasteiger partial charge in [-0.1, -0.05) is 30.3 Å². The standard InChI is InChI=1S/C22H26N6O2/c1-3-30-22(29)19-9-10-20(23-15-19)27-13-11-26(12-14-27)16-28-21(24-17(2)25-28)18-7-5-4-6-8-18/h4-10,15H,3,11-14,16H2,1-2H3. The highest BCUT2D eigenvalue weighted by Gasteiger charge is 2.20. The summed E-state index contributed by atoms with van der Waals surface area (Å²) in [5, 5.41) is 4.59. The lowest BCUT2D eigenvalue weighted by Gasteiger charge is -2.35. The summed E-state index contributed by atoms with van der Waals surface area (Å²) < 4.78 is 6.99. The molecule has 3 aromatic rings. The number of carbonyl (C=O) groups is 1. The van der Waals surface area contributed by atoms with Crippen molar-refractivity contribution in [2.45, 2.75) is 20.5 Å². The molecule has 4 rings (SSSR count). The van der Waals surface area contributed by atoms with Gasteiger partial charge in [0.15, 0.2) is 5.82 Å². The van der Waals surface area contributed by atoms with Gasteiger partial charge < -0.3 is 9.64 Å². The van der Waals surface area contributed by atoms with E-state index in [0.717, 1.165) is 49.2 Å². The third kappa shape index (κ3) is 4.49. The van der Waals surface area contributed by atoms with E-state index in [1.165, 1.54) is 0 Å². The number of aryl methyl sites for hydroxylation is 1. The smallest absolute Gasteiger partial charge is 0.339 e. The van der Waals surface area contributed by atoms with Crippen LogP contribution in [0.1, 0.15) is 23.1 Å². The lowest BCUT2D eigenvalue weighted by molar-refractivity contribution is 0.0526. The topological polar surface area (TPSA) is 76.4 Å². The average Bonchev–Trinajstić information content (AvgIpc) is 3.15. The second kappa shape index (κ2) is 9.04. The molecule has 0 atom stereocenters. The van der Waals surface area contributed by atoms with Gasteiger partial charge in [-0.3, -0.25) is 4.90 Å². The quantitative estimate of drug-likeness (QED) is 0.583. The molecule has 8 nitrogen and oxygen atoms in total. The molecule has 0 bridgehead atoms. The Morgan fingerprint density at radius 3 is 2.50 bits per heavy atom. The molecule has 156 valence electrons. The molecule has 1 aliphatic heterocycles. The highest BCUT2D eigenvalue weighted by atomic mass is 16.5. The van der Waals surface area contributed by atoms with Gasteiger partial charge in [-0.25, -0.2) is 19.4 Å². The predicted octanol–water partition coefficient (Wildman–Crippen LogP) is 2.60. The highest BCUT2D eigenvalue weighted by molar-refractivity contribution is 5.89. The molecule has 1 aliphatic rings. The summed E-state index contributed by atoms with van der Waals surface area (Å²) in [6.07, 6.45) is 1.59. The maximum Gasteiger partial charge on any atom is 0.339 e. The number of nitrogens with zero attached hydrogens (tertiary/aromatic N) is 6. The lowest BCUT2D eigenvalue weighted by Crippen LogP contribution is -2.47. The molecule has 0 radical (unpaired) electrons. The van der Waals surface area contributed by atoms with E-state index in [-0.39, 0.29) is 5.97 Å². The SMILES string of the molecule is CCOC(=O)c1ccc(N2CCN(Cn3nc(C)nc3-c3ccccc3)CC2)nc1. The van der Waals surface area contributed by atoms with E-state index >= 15 is 0 Å². The molecular weight excluding hydrogens is 380 g/mol. The van der Waals surface area contributed by atoms with Crippen molar-refractivity contribution in [2.24, 2.45) is 0 Å². The van der Waals surface area contributed by atoms with Gasteiger partial charge in [0.2, 0.25) is 0 Å². The van der Waals surface area contributed by atoms with E-state index in [1.807, 2.05) is 35.9 Å². The van der Waals surface area contributed by atoms with Crippen molar-refractivity contribution in [1.82, 2.24) is 24.6 Å². The highest BCUT2D eigenvalue weighted by Crippen LogP contribution is 2.19. The summed E-state index contributed by atoms with van der Waals surface area (Å²) in [6.45, 7) is 8.30. The first-order valence-electron chi connectivity index (χ1n) is 10.2. The summed E-state index contributed by atoms with van der Waals surface area (Å²) in [5.41, 5.74) is 1.55. The van der Waals surface area contributed by atoms with Crippen molar-refractivity contribution in [3.8, 4) is 11.4 Å². The van der Waals surface area contributed by atoms with Crippen molar-refractivity contribution < 1.29 is 9.53 Å². The number of carbonyl (C=O) groups excluding carboxylic acids is 1. The lowest BCUT2D eigenvalue weighted by atomic mass is 10.2. The molecule has 2 aromatic heterocycles. The van der Waals surface area contributed by atoms with Crippen LogP contribution >= 0.6 is 0 Å². The second-order valence-electron chi connectivity index (χ2n) is 7.22. The van der Waals surface area contributed by atoms with Crippen LogP contribution in [0.4, 0.5) is 5.82 Å². The number of ether oxygens (including phenoxy) is 1.